The van der Waals surface area contributed by atoms with Crippen molar-refractivity contribution in [2.24, 2.45) is 5.92 Å². The van der Waals surface area contributed by atoms with E-state index in [9.17, 15) is 4.79 Å². The molecule has 124 valence electrons. The summed E-state index contributed by atoms with van der Waals surface area (Å²) >= 11 is 1.89. The number of nitrogens with one attached hydrogen (secondary N) is 1. The van der Waals surface area contributed by atoms with E-state index in [4.69, 9.17) is 4.74 Å². The van der Waals surface area contributed by atoms with Crippen LogP contribution < -0.4 is 5.32 Å². The Morgan fingerprint density at radius 1 is 1.22 bits per heavy atom. The van der Waals surface area contributed by atoms with Gasteiger partial charge in [-0.15, -0.1) is 11.8 Å². The maximum atomic E-state index is 12.4. The Labute approximate surface area is 142 Å². The van der Waals surface area contributed by atoms with Gasteiger partial charge in [-0.3, -0.25) is 4.79 Å². The molecule has 1 aliphatic carbocycles. The van der Waals surface area contributed by atoms with Gasteiger partial charge in [0.25, 0.3) is 0 Å². The number of amides is 1. The first-order valence-electron chi connectivity index (χ1n) is 8.52. The van der Waals surface area contributed by atoms with Crippen molar-refractivity contribution in [3.8, 4) is 0 Å². The second kappa shape index (κ2) is 8.02. The highest BCUT2D eigenvalue weighted by Crippen LogP contribution is 2.40. The third kappa shape index (κ3) is 4.61. The molecule has 1 amide bonds. The SMILES string of the molecule is O=C(NCC1(Sc2ccccc2)CCOCC1)[C@@H]1CC=CCC1. The standard InChI is InChI=1S/C19H25NO2S/c21-18(16-7-3-1-4-8-16)20-15-19(11-13-22-14-12-19)23-17-9-5-2-6-10-17/h1-3,5-6,9-10,16H,4,7-8,11-15H2,(H,20,21)/t16-/m1/s1. The number of rotatable bonds is 5. The highest BCUT2D eigenvalue weighted by molar-refractivity contribution is 8.00. The van der Waals surface area contributed by atoms with E-state index in [1.165, 1.54) is 4.90 Å². The number of carbonyl (C=O) groups excluding carboxylic acids is 1. The monoisotopic (exact) mass is 331 g/mol. The first kappa shape index (κ1) is 16.6. The molecule has 1 saturated heterocycles. The Morgan fingerprint density at radius 3 is 2.70 bits per heavy atom. The molecule has 0 spiro atoms. The Balaban J connectivity index is 1.62. The normalized spacial score (nSPS) is 23.4. The number of hydrogen-bond acceptors (Lipinski definition) is 3. The molecule has 0 unspecified atom stereocenters. The first-order valence-corrected chi connectivity index (χ1v) is 9.34. The lowest BCUT2D eigenvalue weighted by molar-refractivity contribution is -0.125. The van der Waals surface area contributed by atoms with E-state index in [2.05, 4.69) is 41.7 Å². The van der Waals surface area contributed by atoms with Gasteiger partial charge in [0.05, 0.1) is 0 Å². The third-order valence-corrected chi connectivity index (χ3v) is 6.20. The van der Waals surface area contributed by atoms with Crippen LogP contribution in [0.3, 0.4) is 0 Å². The number of ether oxygens (including phenoxy) is 1. The predicted octanol–water partition coefficient (Wildman–Crippen LogP) is 3.80. The summed E-state index contributed by atoms with van der Waals surface area (Å²) in [6.45, 7) is 2.29. The minimum atomic E-state index is 0.0553. The van der Waals surface area contributed by atoms with Gasteiger partial charge in [0, 0.05) is 35.3 Å². The lowest BCUT2D eigenvalue weighted by Crippen LogP contribution is -2.46. The maximum Gasteiger partial charge on any atom is 0.223 e. The van der Waals surface area contributed by atoms with Crippen molar-refractivity contribution < 1.29 is 9.53 Å². The van der Waals surface area contributed by atoms with E-state index in [-0.39, 0.29) is 16.6 Å². The van der Waals surface area contributed by atoms with Crippen LogP contribution in [0.5, 0.6) is 0 Å². The van der Waals surface area contributed by atoms with Gasteiger partial charge in [0.2, 0.25) is 5.91 Å². The summed E-state index contributed by atoms with van der Waals surface area (Å²) in [5.74, 6) is 0.368. The molecule has 4 heteroatoms. The van der Waals surface area contributed by atoms with Crippen LogP contribution in [0.15, 0.2) is 47.4 Å². The molecular weight excluding hydrogens is 306 g/mol. The van der Waals surface area contributed by atoms with E-state index in [0.717, 1.165) is 51.9 Å². The molecule has 1 fully saturated rings. The number of carbonyl (C=O) groups is 1. The van der Waals surface area contributed by atoms with Crippen molar-refractivity contribution in [3.63, 3.8) is 0 Å². The molecule has 23 heavy (non-hydrogen) atoms. The Bertz CT molecular complexity index is 538. The molecule has 1 N–H and O–H groups in total. The third-order valence-electron chi connectivity index (χ3n) is 4.71. The summed E-state index contributed by atoms with van der Waals surface area (Å²) in [6.07, 6.45) is 9.16. The first-order chi connectivity index (χ1) is 11.3. The number of hydrogen-bond donors (Lipinski definition) is 1. The van der Waals surface area contributed by atoms with Crippen molar-refractivity contribution in [1.29, 1.82) is 0 Å². The minimum Gasteiger partial charge on any atom is -0.381 e. The molecule has 1 aliphatic heterocycles. The molecule has 1 heterocycles. The molecule has 0 saturated carbocycles. The summed E-state index contributed by atoms with van der Waals surface area (Å²) in [5.41, 5.74) is 0. The molecule has 1 atom stereocenters. The van der Waals surface area contributed by atoms with Gasteiger partial charge in [-0.2, -0.15) is 0 Å². The minimum absolute atomic E-state index is 0.0553. The van der Waals surface area contributed by atoms with Crippen molar-refractivity contribution in [1.82, 2.24) is 5.32 Å². The van der Waals surface area contributed by atoms with Gasteiger partial charge in [0.15, 0.2) is 0 Å². The zero-order chi connectivity index (χ0) is 16.0. The molecule has 1 aromatic rings. The van der Waals surface area contributed by atoms with Crippen LogP contribution in [0, 0.1) is 5.92 Å². The average Bonchev–Trinajstić information content (AvgIpc) is 2.62. The highest BCUT2D eigenvalue weighted by atomic mass is 32.2. The van der Waals surface area contributed by atoms with Crippen molar-refractivity contribution in [3.05, 3.63) is 42.5 Å². The van der Waals surface area contributed by atoms with Gasteiger partial charge in [-0.25, -0.2) is 0 Å². The molecular formula is C19H25NO2S. The lowest BCUT2D eigenvalue weighted by atomic mass is 9.93. The van der Waals surface area contributed by atoms with Gasteiger partial charge in [0.1, 0.15) is 0 Å². The molecule has 1 aromatic carbocycles. The predicted molar refractivity (Wildman–Crippen MR) is 94.6 cm³/mol. The zero-order valence-electron chi connectivity index (χ0n) is 13.5. The molecule has 2 aliphatic rings. The van der Waals surface area contributed by atoms with E-state index in [1.807, 2.05) is 17.8 Å². The fourth-order valence-corrected chi connectivity index (χ4v) is 4.53. The molecule has 3 rings (SSSR count). The van der Waals surface area contributed by atoms with Gasteiger partial charge >= 0.3 is 0 Å². The van der Waals surface area contributed by atoms with Crippen LogP contribution >= 0.6 is 11.8 Å². The smallest absolute Gasteiger partial charge is 0.223 e. The summed E-state index contributed by atoms with van der Waals surface area (Å²) in [4.78, 5) is 13.7. The quantitative estimate of drug-likeness (QED) is 0.834. The van der Waals surface area contributed by atoms with E-state index >= 15 is 0 Å². The van der Waals surface area contributed by atoms with Gasteiger partial charge in [-0.1, -0.05) is 30.4 Å². The number of benzene rings is 1. The van der Waals surface area contributed by atoms with E-state index in [1.54, 1.807) is 0 Å². The van der Waals surface area contributed by atoms with Gasteiger partial charge in [-0.05, 0) is 44.2 Å². The van der Waals surface area contributed by atoms with Gasteiger partial charge < -0.3 is 10.1 Å². The van der Waals surface area contributed by atoms with Crippen LogP contribution in [-0.2, 0) is 9.53 Å². The summed E-state index contributed by atoms with van der Waals surface area (Å²) in [7, 11) is 0. The fourth-order valence-electron chi connectivity index (χ4n) is 3.22. The summed E-state index contributed by atoms with van der Waals surface area (Å²) < 4.78 is 5.61. The van der Waals surface area contributed by atoms with Crippen LogP contribution in [-0.4, -0.2) is 30.4 Å². The van der Waals surface area contributed by atoms with Crippen LogP contribution in [0.2, 0.25) is 0 Å². The van der Waals surface area contributed by atoms with Crippen LogP contribution in [0.25, 0.3) is 0 Å². The summed E-state index contributed by atoms with van der Waals surface area (Å²) in [6, 6.07) is 10.5. The van der Waals surface area contributed by atoms with Crippen LogP contribution in [0.4, 0.5) is 0 Å². The second-order valence-corrected chi connectivity index (χ2v) is 7.95. The zero-order valence-corrected chi connectivity index (χ0v) is 14.3. The molecule has 0 radical (unpaired) electrons. The second-order valence-electron chi connectivity index (χ2n) is 6.41. The largest absolute Gasteiger partial charge is 0.381 e. The lowest BCUT2D eigenvalue weighted by Gasteiger charge is -2.37. The topological polar surface area (TPSA) is 38.3 Å². The Kier molecular flexibility index (Phi) is 5.79. The average molecular weight is 331 g/mol. The molecule has 0 aromatic heterocycles. The van der Waals surface area contributed by atoms with Crippen molar-refractivity contribution >= 4 is 17.7 Å². The van der Waals surface area contributed by atoms with E-state index in [0.29, 0.717) is 0 Å². The summed E-state index contributed by atoms with van der Waals surface area (Å²) in [5, 5.41) is 3.23. The maximum absolute atomic E-state index is 12.4. The highest BCUT2D eigenvalue weighted by Gasteiger charge is 2.34. The number of allylic oxidation sites excluding steroid dienone is 2. The molecule has 0 bridgehead atoms. The van der Waals surface area contributed by atoms with E-state index < -0.39 is 0 Å². The van der Waals surface area contributed by atoms with Crippen molar-refractivity contribution in [2.75, 3.05) is 19.8 Å². The number of thioether (sulfide) groups is 1. The Hall–Kier alpha value is -1.26. The Morgan fingerprint density at radius 2 is 2.00 bits per heavy atom. The van der Waals surface area contributed by atoms with Crippen LogP contribution in [0.1, 0.15) is 32.1 Å². The van der Waals surface area contributed by atoms with Crippen molar-refractivity contribution in [2.45, 2.75) is 41.7 Å². The fraction of sp³-hybridized carbons (Fsp3) is 0.526. The molecule has 3 nitrogen and oxygen atoms in total.